The van der Waals surface area contributed by atoms with Gasteiger partial charge in [0, 0.05) is 10.0 Å². The zero-order valence-electron chi connectivity index (χ0n) is 9.51. The SMILES string of the molecule is O=C(NN=Cc1ccc(Br)cc1)c1ccccc1. The van der Waals surface area contributed by atoms with E-state index < -0.39 is 0 Å². The highest BCUT2D eigenvalue weighted by molar-refractivity contribution is 9.10. The van der Waals surface area contributed by atoms with Crippen molar-refractivity contribution in [2.45, 2.75) is 0 Å². The van der Waals surface area contributed by atoms with Crippen LogP contribution in [0.2, 0.25) is 0 Å². The fourth-order valence-electron chi connectivity index (χ4n) is 1.37. The maximum Gasteiger partial charge on any atom is 0.271 e. The van der Waals surface area contributed by atoms with E-state index in [-0.39, 0.29) is 5.91 Å². The Hall–Kier alpha value is -1.94. The molecule has 1 N–H and O–H groups in total. The third kappa shape index (κ3) is 3.53. The average Bonchev–Trinajstić information content (AvgIpc) is 2.42. The van der Waals surface area contributed by atoms with Gasteiger partial charge in [-0.25, -0.2) is 5.43 Å². The lowest BCUT2D eigenvalue weighted by molar-refractivity contribution is 0.0955. The number of hydrogen-bond donors (Lipinski definition) is 1. The molecule has 0 saturated heterocycles. The van der Waals surface area contributed by atoms with Crippen molar-refractivity contribution >= 4 is 28.1 Å². The first-order chi connectivity index (χ1) is 8.75. The van der Waals surface area contributed by atoms with E-state index in [9.17, 15) is 4.79 Å². The summed E-state index contributed by atoms with van der Waals surface area (Å²) in [5, 5.41) is 3.91. The summed E-state index contributed by atoms with van der Waals surface area (Å²) in [6, 6.07) is 16.6. The van der Waals surface area contributed by atoms with E-state index in [1.54, 1.807) is 18.3 Å². The summed E-state index contributed by atoms with van der Waals surface area (Å²) in [4.78, 5) is 11.7. The molecule has 1 amide bonds. The molecule has 3 nitrogen and oxygen atoms in total. The highest BCUT2D eigenvalue weighted by atomic mass is 79.9. The molecule has 0 bridgehead atoms. The van der Waals surface area contributed by atoms with Crippen LogP contribution in [0.3, 0.4) is 0 Å². The molecule has 2 rings (SSSR count). The van der Waals surface area contributed by atoms with Gasteiger partial charge < -0.3 is 0 Å². The Bertz CT molecular complexity index is 550. The molecule has 0 aliphatic carbocycles. The molecule has 0 radical (unpaired) electrons. The van der Waals surface area contributed by atoms with Crippen LogP contribution in [-0.2, 0) is 0 Å². The standard InChI is InChI=1S/C14H11BrN2O/c15-13-8-6-11(7-9-13)10-16-17-14(18)12-4-2-1-3-5-12/h1-10H,(H,17,18). The van der Waals surface area contributed by atoms with Crippen LogP contribution in [0.25, 0.3) is 0 Å². The second-order valence-corrected chi connectivity index (χ2v) is 4.53. The van der Waals surface area contributed by atoms with Crippen molar-refractivity contribution in [3.63, 3.8) is 0 Å². The Morgan fingerprint density at radius 3 is 2.39 bits per heavy atom. The lowest BCUT2D eigenvalue weighted by Gasteiger charge is -1.98. The van der Waals surface area contributed by atoms with Crippen LogP contribution in [0.5, 0.6) is 0 Å². The fourth-order valence-corrected chi connectivity index (χ4v) is 1.63. The zero-order chi connectivity index (χ0) is 12.8. The molecule has 0 aliphatic heterocycles. The normalized spacial score (nSPS) is 10.5. The first-order valence-electron chi connectivity index (χ1n) is 5.40. The van der Waals surface area contributed by atoms with Gasteiger partial charge in [0.2, 0.25) is 0 Å². The third-order valence-electron chi connectivity index (χ3n) is 2.29. The van der Waals surface area contributed by atoms with Gasteiger partial charge in [0.15, 0.2) is 0 Å². The number of hydrazone groups is 1. The Balaban J connectivity index is 1.96. The van der Waals surface area contributed by atoms with Crippen molar-refractivity contribution in [2.75, 3.05) is 0 Å². The van der Waals surface area contributed by atoms with Gasteiger partial charge >= 0.3 is 0 Å². The third-order valence-corrected chi connectivity index (χ3v) is 2.81. The number of rotatable bonds is 3. The average molecular weight is 303 g/mol. The van der Waals surface area contributed by atoms with Crippen LogP contribution in [0.1, 0.15) is 15.9 Å². The van der Waals surface area contributed by atoms with E-state index in [0.29, 0.717) is 5.56 Å². The molecular formula is C14H11BrN2O. The quantitative estimate of drug-likeness (QED) is 0.686. The number of amides is 1. The fraction of sp³-hybridized carbons (Fsp3) is 0. The Morgan fingerprint density at radius 1 is 1.06 bits per heavy atom. The first-order valence-corrected chi connectivity index (χ1v) is 6.19. The predicted molar refractivity (Wildman–Crippen MR) is 75.6 cm³/mol. The van der Waals surface area contributed by atoms with Gasteiger partial charge in [-0.1, -0.05) is 46.3 Å². The highest BCUT2D eigenvalue weighted by Crippen LogP contribution is 2.08. The molecule has 0 unspecified atom stereocenters. The van der Waals surface area contributed by atoms with E-state index in [0.717, 1.165) is 10.0 Å². The van der Waals surface area contributed by atoms with Crippen molar-refractivity contribution in [2.24, 2.45) is 5.10 Å². The van der Waals surface area contributed by atoms with Crippen LogP contribution in [0.4, 0.5) is 0 Å². The largest absolute Gasteiger partial charge is 0.271 e. The summed E-state index contributed by atoms with van der Waals surface area (Å²) in [7, 11) is 0. The minimum Gasteiger partial charge on any atom is -0.267 e. The molecular weight excluding hydrogens is 292 g/mol. The minimum absolute atomic E-state index is 0.219. The monoisotopic (exact) mass is 302 g/mol. The van der Waals surface area contributed by atoms with E-state index in [1.807, 2.05) is 42.5 Å². The second-order valence-electron chi connectivity index (χ2n) is 3.62. The second kappa shape index (κ2) is 6.12. The number of hydrogen-bond acceptors (Lipinski definition) is 2. The van der Waals surface area contributed by atoms with Gasteiger partial charge in [-0.15, -0.1) is 0 Å². The molecule has 0 fully saturated rings. The predicted octanol–water partition coefficient (Wildman–Crippen LogP) is 3.21. The van der Waals surface area contributed by atoms with Gasteiger partial charge in [0.05, 0.1) is 6.21 Å². The molecule has 2 aromatic carbocycles. The zero-order valence-corrected chi connectivity index (χ0v) is 11.1. The lowest BCUT2D eigenvalue weighted by atomic mass is 10.2. The molecule has 0 saturated carbocycles. The molecule has 0 spiro atoms. The summed E-state index contributed by atoms with van der Waals surface area (Å²) < 4.78 is 1.01. The van der Waals surface area contributed by atoms with Crippen LogP contribution in [0, 0.1) is 0 Å². The minimum atomic E-state index is -0.219. The molecule has 0 heterocycles. The molecule has 2 aromatic rings. The Morgan fingerprint density at radius 2 is 1.72 bits per heavy atom. The van der Waals surface area contributed by atoms with Crippen molar-refractivity contribution in [3.05, 3.63) is 70.2 Å². The van der Waals surface area contributed by atoms with Gasteiger partial charge in [0.1, 0.15) is 0 Å². The number of carbonyl (C=O) groups excluding carboxylic acids is 1. The van der Waals surface area contributed by atoms with Crippen molar-refractivity contribution < 1.29 is 4.79 Å². The molecule has 90 valence electrons. The van der Waals surface area contributed by atoms with E-state index in [4.69, 9.17) is 0 Å². The van der Waals surface area contributed by atoms with E-state index >= 15 is 0 Å². The topological polar surface area (TPSA) is 41.5 Å². The molecule has 18 heavy (non-hydrogen) atoms. The van der Waals surface area contributed by atoms with E-state index in [1.165, 1.54) is 0 Å². The van der Waals surface area contributed by atoms with Crippen LogP contribution in [0.15, 0.2) is 64.2 Å². The summed E-state index contributed by atoms with van der Waals surface area (Å²) in [6.45, 7) is 0. The molecule has 0 aromatic heterocycles. The van der Waals surface area contributed by atoms with E-state index in [2.05, 4.69) is 26.5 Å². The van der Waals surface area contributed by atoms with Crippen LogP contribution < -0.4 is 5.43 Å². The number of carbonyl (C=O) groups is 1. The Labute approximate surface area is 114 Å². The van der Waals surface area contributed by atoms with Gasteiger partial charge in [-0.05, 0) is 29.8 Å². The van der Waals surface area contributed by atoms with Crippen LogP contribution >= 0.6 is 15.9 Å². The Kier molecular flexibility index (Phi) is 4.25. The van der Waals surface area contributed by atoms with Crippen molar-refractivity contribution in [1.82, 2.24) is 5.43 Å². The maximum atomic E-state index is 11.7. The van der Waals surface area contributed by atoms with Gasteiger partial charge in [-0.3, -0.25) is 4.79 Å². The molecule has 0 atom stereocenters. The summed E-state index contributed by atoms with van der Waals surface area (Å²) in [5.74, 6) is -0.219. The van der Waals surface area contributed by atoms with Crippen molar-refractivity contribution in [3.8, 4) is 0 Å². The number of benzene rings is 2. The maximum absolute atomic E-state index is 11.7. The molecule has 4 heteroatoms. The number of halogens is 1. The van der Waals surface area contributed by atoms with Gasteiger partial charge in [-0.2, -0.15) is 5.10 Å². The smallest absolute Gasteiger partial charge is 0.267 e. The lowest BCUT2D eigenvalue weighted by Crippen LogP contribution is -2.17. The van der Waals surface area contributed by atoms with Crippen LogP contribution in [-0.4, -0.2) is 12.1 Å². The number of nitrogens with one attached hydrogen (secondary N) is 1. The summed E-state index contributed by atoms with van der Waals surface area (Å²) in [6.07, 6.45) is 1.60. The summed E-state index contributed by atoms with van der Waals surface area (Å²) in [5.41, 5.74) is 3.99. The van der Waals surface area contributed by atoms with Gasteiger partial charge in [0.25, 0.3) is 5.91 Å². The highest BCUT2D eigenvalue weighted by Gasteiger charge is 2.01. The first kappa shape index (κ1) is 12.5. The molecule has 0 aliphatic rings. The van der Waals surface area contributed by atoms with Crippen molar-refractivity contribution in [1.29, 1.82) is 0 Å². The number of nitrogens with zero attached hydrogens (tertiary/aromatic N) is 1. The summed E-state index contributed by atoms with van der Waals surface area (Å²) >= 11 is 3.35.